The molecule has 0 amide bonds. The first-order valence-electron chi connectivity index (χ1n) is 3.90. The van der Waals surface area contributed by atoms with E-state index >= 15 is 0 Å². The van der Waals surface area contributed by atoms with Crippen molar-refractivity contribution in [3.8, 4) is 11.9 Å². The van der Waals surface area contributed by atoms with E-state index in [1.54, 1.807) is 18.3 Å². The molecule has 2 heterocycles. The van der Waals surface area contributed by atoms with E-state index in [2.05, 4.69) is 11.1 Å². The Morgan fingerprint density at radius 1 is 1.23 bits per heavy atom. The van der Waals surface area contributed by atoms with Crippen LogP contribution in [0.4, 0.5) is 0 Å². The maximum Gasteiger partial charge on any atom is 0.154 e. The van der Waals surface area contributed by atoms with Gasteiger partial charge in [0.1, 0.15) is 6.07 Å². The lowest BCUT2D eigenvalue weighted by Crippen LogP contribution is -1.96. The smallest absolute Gasteiger partial charge is 0.154 e. The van der Waals surface area contributed by atoms with Crippen LogP contribution in [-0.4, -0.2) is 9.55 Å². The monoisotopic (exact) mass is 169 g/mol. The third kappa shape index (κ3) is 1.30. The number of aromatic nitrogens is 2. The fraction of sp³-hybridized carbons (Fsp3) is 0. The molecule has 3 heteroatoms. The van der Waals surface area contributed by atoms with Crippen molar-refractivity contribution in [2.45, 2.75) is 0 Å². The summed E-state index contributed by atoms with van der Waals surface area (Å²) < 4.78 is 1.82. The van der Waals surface area contributed by atoms with Crippen LogP contribution in [0.2, 0.25) is 0 Å². The molecule has 0 spiro atoms. The van der Waals surface area contributed by atoms with E-state index in [1.165, 1.54) is 0 Å². The Morgan fingerprint density at radius 3 is 2.69 bits per heavy atom. The maximum absolute atomic E-state index is 8.81. The average molecular weight is 169 g/mol. The summed E-state index contributed by atoms with van der Waals surface area (Å²) in [5.41, 5.74) is 0.582. The molecule has 2 aromatic rings. The van der Waals surface area contributed by atoms with E-state index in [0.717, 1.165) is 0 Å². The Bertz CT molecular complexity index is 437. The van der Waals surface area contributed by atoms with Gasteiger partial charge in [-0.1, -0.05) is 0 Å². The van der Waals surface area contributed by atoms with Gasteiger partial charge < -0.3 is 4.57 Å². The second kappa shape index (κ2) is 3.11. The maximum atomic E-state index is 8.81. The van der Waals surface area contributed by atoms with Gasteiger partial charge in [0.15, 0.2) is 5.82 Å². The third-order valence-corrected chi connectivity index (χ3v) is 1.76. The number of nitrogens with zero attached hydrogens (tertiary/aromatic N) is 3. The Hall–Kier alpha value is -2.08. The van der Waals surface area contributed by atoms with Gasteiger partial charge in [0.25, 0.3) is 0 Å². The minimum Gasteiger partial charge on any atom is -0.308 e. The summed E-state index contributed by atoms with van der Waals surface area (Å²) in [7, 11) is 0. The third-order valence-electron chi connectivity index (χ3n) is 1.76. The summed E-state index contributed by atoms with van der Waals surface area (Å²) in [6, 6.07) is 9.41. The molecule has 0 aliphatic carbocycles. The molecule has 0 aromatic carbocycles. The predicted octanol–water partition coefficient (Wildman–Crippen LogP) is 1.74. The number of hydrogen-bond donors (Lipinski definition) is 0. The standard InChI is InChI=1S/C10H7N3/c11-8-9-4-3-5-12-10(9)13-6-1-2-7-13/h1-7H. The number of nitriles is 1. The van der Waals surface area contributed by atoms with Crippen molar-refractivity contribution in [2.75, 3.05) is 0 Å². The van der Waals surface area contributed by atoms with Crippen molar-refractivity contribution in [1.82, 2.24) is 9.55 Å². The molecule has 2 rings (SSSR count). The molecule has 13 heavy (non-hydrogen) atoms. The lowest BCUT2D eigenvalue weighted by Gasteiger charge is -2.01. The minimum absolute atomic E-state index is 0.582. The van der Waals surface area contributed by atoms with Gasteiger partial charge in [0.05, 0.1) is 5.56 Å². The summed E-state index contributed by atoms with van der Waals surface area (Å²) in [5.74, 6) is 0.676. The first kappa shape index (κ1) is 7.56. The molecule has 0 atom stereocenters. The minimum atomic E-state index is 0.582. The summed E-state index contributed by atoms with van der Waals surface area (Å²) in [4.78, 5) is 4.13. The van der Waals surface area contributed by atoms with Crippen molar-refractivity contribution < 1.29 is 0 Å². The zero-order valence-corrected chi connectivity index (χ0v) is 6.88. The highest BCUT2D eigenvalue weighted by Crippen LogP contribution is 2.09. The molecular formula is C10H7N3. The van der Waals surface area contributed by atoms with Gasteiger partial charge in [-0.15, -0.1) is 0 Å². The van der Waals surface area contributed by atoms with Crippen LogP contribution in [0.15, 0.2) is 42.9 Å². The highest BCUT2D eigenvalue weighted by atomic mass is 15.0. The second-order valence-electron chi connectivity index (χ2n) is 2.58. The number of hydrogen-bond acceptors (Lipinski definition) is 2. The molecule has 62 valence electrons. The summed E-state index contributed by atoms with van der Waals surface area (Å²) in [5, 5.41) is 8.81. The zero-order valence-electron chi connectivity index (χ0n) is 6.88. The summed E-state index contributed by atoms with van der Waals surface area (Å²) >= 11 is 0. The van der Waals surface area contributed by atoms with Crippen molar-refractivity contribution >= 4 is 0 Å². The molecule has 2 aromatic heterocycles. The van der Waals surface area contributed by atoms with E-state index in [-0.39, 0.29) is 0 Å². The molecule has 0 bridgehead atoms. The molecule has 0 N–H and O–H groups in total. The van der Waals surface area contributed by atoms with Gasteiger partial charge in [-0.05, 0) is 24.3 Å². The van der Waals surface area contributed by atoms with Crippen LogP contribution in [0, 0.1) is 11.3 Å². The van der Waals surface area contributed by atoms with E-state index in [9.17, 15) is 0 Å². The first-order chi connectivity index (χ1) is 6.42. The molecule has 0 unspecified atom stereocenters. The van der Waals surface area contributed by atoms with Crippen LogP contribution in [0.5, 0.6) is 0 Å². The fourth-order valence-electron chi connectivity index (χ4n) is 1.17. The van der Waals surface area contributed by atoms with E-state index < -0.39 is 0 Å². The van der Waals surface area contributed by atoms with Gasteiger partial charge in [0, 0.05) is 18.6 Å². The molecule has 0 aliphatic rings. The van der Waals surface area contributed by atoms with E-state index in [4.69, 9.17) is 5.26 Å². The van der Waals surface area contributed by atoms with Crippen molar-refractivity contribution in [3.63, 3.8) is 0 Å². The lowest BCUT2D eigenvalue weighted by molar-refractivity contribution is 1.00. The number of rotatable bonds is 1. The molecule has 0 saturated heterocycles. The van der Waals surface area contributed by atoms with Crippen LogP contribution in [0.3, 0.4) is 0 Å². The molecule has 0 saturated carbocycles. The zero-order chi connectivity index (χ0) is 9.10. The van der Waals surface area contributed by atoms with E-state index in [1.807, 2.05) is 29.1 Å². The van der Waals surface area contributed by atoms with Crippen LogP contribution in [0.25, 0.3) is 5.82 Å². The second-order valence-corrected chi connectivity index (χ2v) is 2.58. The quantitative estimate of drug-likeness (QED) is 0.652. The highest BCUT2D eigenvalue weighted by Gasteiger charge is 2.01. The molecular weight excluding hydrogens is 162 g/mol. The van der Waals surface area contributed by atoms with Gasteiger partial charge in [-0.3, -0.25) is 0 Å². The van der Waals surface area contributed by atoms with Gasteiger partial charge in [-0.2, -0.15) is 5.26 Å². The molecule has 3 nitrogen and oxygen atoms in total. The summed E-state index contributed by atoms with van der Waals surface area (Å²) in [6.45, 7) is 0. The van der Waals surface area contributed by atoms with Crippen LogP contribution < -0.4 is 0 Å². The molecule has 0 fully saturated rings. The SMILES string of the molecule is N#Cc1cccnc1-n1cccc1. The van der Waals surface area contributed by atoms with Crippen LogP contribution >= 0.6 is 0 Å². The van der Waals surface area contributed by atoms with Crippen LogP contribution in [0.1, 0.15) is 5.56 Å². The van der Waals surface area contributed by atoms with E-state index in [0.29, 0.717) is 11.4 Å². The molecule has 0 radical (unpaired) electrons. The van der Waals surface area contributed by atoms with Crippen LogP contribution in [-0.2, 0) is 0 Å². The first-order valence-corrected chi connectivity index (χ1v) is 3.90. The topological polar surface area (TPSA) is 41.6 Å². The normalized spacial score (nSPS) is 9.46. The Morgan fingerprint density at radius 2 is 2.00 bits per heavy atom. The predicted molar refractivity (Wildman–Crippen MR) is 48.3 cm³/mol. The lowest BCUT2D eigenvalue weighted by atomic mass is 10.3. The Kier molecular flexibility index (Phi) is 1.81. The Balaban J connectivity index is 2.59. The van der Waals surface area contributed by atoms with Gasteiger partial charge >= 0.3 is 0 Å². The largest absolute Gasteiger partial charge is 0.308 e. The van der Waals surface area contributed by atoms with Gasteiger partial charge in [-0.25, -0.2) is 4.98 Å². The average Bonchev–Trinajstić information content (AvgIpc) is 2.70. The fourth-order valence-corrected chi connectivity index (χ4v) is 1.17. The van der Waals surface area contributed by atoms with Crippen molar-refractivity contribution in [2.24, 2.45) is 0 Å². The highest BCUT2D eigenvalue weighted by molar-refractivity contribution is 5.43. The summed E-state index contributed by atoms with van der Waals surface area (Å²) in [6.07, 6.45) is 5.41. The molecule has 0 aliphatic heterocycles. The van der Waals surface area contributed by atoms with Crippen molar-refractivity contribution in [1.29, 1.82) is 5.26 Å². The Labute approximate surface area is 75.9 Å². The van der Waals surface area contributed by atoms with Crippen molar-refractivity contribution in [3.05, 3.63) is 48.4 Å². The number of pyridine rings is 1. The van der Waals surface area contributed by atoms with Gasteiger partial charge in [0.2, 0.25) is 0 Å².